The molecule has 0 bridgehead atoms. The Hall–Kier alpha value is -2.31. The van der Waals surface area contributed by atoms with Crippen LogP contribution in [0.4, 0.5) is 5.69 Å². The Labute approximate surface area is 137 Å². The lowest BCUT2D eigenvalue weighted by atomic mass is 10.1. The zero-order valence-corrected chi connectivity index (χ0v) is 13.3. The number of aryl methyl sites for hydroxylation is 1. The highest BCUT2D eigenvalue weighted by atomic mass is 35.5. The van der Waals surface area contributed by atoms with E-state index in [4.69, 9.17) is 11.6 Å². The Morgan fingerprint density at radius 3 is 3.00 bits per heavy atom. The van der Waals surface area contributed by atoms with E-state index in [1.54, 1.807) is 0 Å². The largest absolute Gasteiger partial charge is 0.394 e. The molecule has 0 saturated heterocycles. The number of fused-ring (bicyclic) bond motifs is 1. The first-order valence-corrected chi connectivity index (χ1v) is 7.62. The number of aliphatic hydroxyl groups is 1. The highest BCUT2D eigenvalue weighted by Gasteiger charge is 2.15. The predicted octanol–water partition coefficient (Wildman–Crippen LogP) is 1.93. The molecule has 0 aliphatic heterocycles. The Bertz CT molecular complexity index is 887. The topological polar surface area (TPSA) is 82.9 Å². The molecule has 0 aliphatic carbocycles. The van der Waals surface area contributed by atoms with E-state index in [-0.39, 0.29) is 23.2 Å². The molecule has 0 radical (unpaired) electrons. The number of nitrogens with zero attached hydrogens (tertiary/aromatic N) is 2. The van der Waals surface area contributed by atoms with Crippen molar-refractivity contribution in [2.45, 2.75) is 12.5 Å². The average Bonchev–Trinajstić information content (AvgIpc) is 2.97. The summed E-state index contributed by atoms with van der Waals surface area (Å²) in [5.74, 6) is 0. The van der Waals surface area contributed by atoms with Gasteiger partial charge in [-0.2, -0.15) is 5.10 Å². The van der Waals surface area contributed by atoms with Gasteiger partial charge in [0, 0.05) is 24.1 Å². The summed E-state index contributed by atoms with van der Waals surface area (Å²) in [6.45, 7) is -0.0922. The van der Waals surface area contributed by atoms with Crippen LogP contribution in [-0.2, 0) is 13.5 Å². The molecule has 2 heterocycles. The molecule has 23 heavy (non-hydrogen) atoms. The normalized spacial score (nSPS) is 12.5. The number of H-pyrrole nitrogens is 1. The fourth-order valence-corrected chi connectivity index (χ4v) is 2.78. The van der Waals surface area contributed by atoms with Crippen molar-refractivity contribution in [3.63, 3.8) is 0 Å². The number of hydrogen-bond donors (Lipinski definition) is 3. The van der Waals surface area contributed by atoms with Crippen LogP contribution in [0, 0.1) is 0 Å². The molecule has 6 nitrogen and oxygen atoms in total. The van der Waals surface area contributed by atoms with Crippen LogP contribution in [0.5, 0.6) is 0 Å². The quantitative estimate of drug-likeness (QED) is 0.666. The van der Waals surface area contributed by atoms with Crippen LogP contribution in [0.25, 0.3) is 10.9 Å². The van der Waals surface area contributed by atoms with Crippen LogP contribution in [0.15, 0.2) is 41.5 Å². The summed E-state index contributed by atoms with van der Waals surface area (Å²) in [5.41, 5.74) is 2.18. The summed E-state index contributed by atoms with van der Waals surface area (Å²) in [6, 6.07) is 7.70. The molecule has 7 heteroatoms. The number of anilines is 1. The number of nitrogens with one attached hydrogen (secondary N) is 2. The van der Waals surface area contributed by atoms with E-state index in [9.17, 15) is 9.90 Å². The highest BCUT2D eigenvalue weighted by molar-refractivity contribution is 6.32. The highest BCUT2D eigenvalue weighted by Crippen LogP contribution is 2.21. The molecular weight excluding hydrogens is 316 g/mol. The molecule has 3 aromatic rings. The van der Waals surface area contributed by atoms with Gasteiger partial charge >= 0.3 is 0 Å². The molecular formula is C16H17ClN4O2. The molecule has 1 unspecified atom stereocenters. The van der Waals surface area contributed by atoms with Crippen molar-refractivity contribution in [3.05, 3.63) is 57.6 Å². The lowest BCUT2D eigenvalue weighted by Gasteiger charge is -2.18. The number of halogens is 1. The molecule has 2 aromatic heterocycles. The van der Waals surface area contributed by atoms with Crippen molar-refractivity contribution in [1.82, 2.24) is 14.8 Å². The van der Waals surface area contributed by atoms with E-state index in [0.29, 0.717) is 12.1 Å². The van der Waals surface area contributed by atoms with Crippen LogP contribution in [0.2, 0.25) is 5.02 Å². The van der Waals surface area contributed by atoms with Crippen LogP contribution >= 0.6 is 11.6 Å². The van der Waals surface area contributed by atoms with Gasteiger partial charge in [0.2, 0.25) is 0 Å². The second-order valence-electron chi connectivity index (χ2n) is 5.39. The van der Waals surface area contributed by atoms with E-state index in [1.807, 2.05) is 30.5 Å². The second-order valence-corrected chi connectivity index (χ2v) is 5.77. The molecule has 0 saturated carbocycles. The van der Waals surface area contributed by atoms with Crippen molar-refractivity contribution in [2.75, 3.05) is 11.9 Å². The molecule has 1 aromatic carbocycles. The van der Waals surface area contributed by atoms with Crippen molar-refractivity contribution < 1.29 is 5.11 Å². The average molecular weight is 333 g/mol. The maximum atomic E-state index is 11.8. The van der Waals surface area contributed by atoms with E-state index < -0.39 is 0 Å². The van der Waals surface area contributed by atoms with Gasteiger partial charge in [0.1, 0.15) is 5.02 Å². The summed E-state index contributed by atoms with van der Waals surface area (Å²) in [5, 5.41) is 17.9. The van der Waals surface area contributed by atoms with Crippen LogP contribution in [0.3, 0.4) is 0 Å². The number of benzene rings is 1. The molecule has 3 N–H and O–H groups in total. The second kappa shape index (κ2) is 6.44. The zero-order valence-electron chi connectivity index (χ0n) is 12.6. The summed E-state index contributed by atoms with van der Waals surface area (Å²) in [7, 11) is 1.54. The van der Waals surface area contributed by atoms with Crippen LogP contribution in [0.1, 0.15) is 5.56 Å². The van der Waals surface area contributed by atoms with Gasteiger partial charge in [-0.05, 0) is 18.1 Å². The molecule has 3 rings (SSSR count). The number of aliphatic hydroxyl groups excluding tert-OH is 1. The Balaban J connectivity index is 1.84. The first-order valence-electron chi connectivity index (χ1n) is 7.24. The van der Waals surface area contributed by atoms with Gasteiger partial charge in [0.05, 0.1) is 24.5 Å². The van der Waals surface area contributed by atoms with Crippen LogP contribution < -0.4 is 10.9 Å². The van der Waals surface area contributed by atoms with Gasteiger partial charge in [-0.3, -0.25) is 4.79 Å². The molecule has 0 amide bonds. The Kier molecular flexibility index (Phi) is 4.36. The first-order chi connectivity index (χ1) is 11.1. The number of aromatic nitrogens is 3. The lowest BCUT2D eigenvalue weighted by Crippen LogP contribution is -2.29. The number of para-hydroxylation sites is 1. The van der Waals surface area contributed by atoms with Gasteiger partial charge in [0.25, 0.3) is 5.56 Å². The van der Waals surface area contributed by atoms with Crippen molar-refractivity contribution in [2.24, 2.45) is 7.05 Å². The number of hydrogen-bond acceptors (Lipinski definition) is 4. The Morgan fingerprint density at radius 1 is 1.43 bits per heavy atom. The minimum absolute atomic E-state index is 0.0693. The smallest absolute Gasteiger partial charge is 0.287 e. The maximum absolute atomic E-state index is 11.8. The minimum Gasteiger partial charge on any atom is -0.394 e. The van der Waals surface area contributed by atoms with Crippen molar-refractivity contribution >= 4 is 28.2 Å². The zero-order chi connectivity index (χ0) is 16.4. The van der Waals surface area contributed by atoms with Gasteiger partial charge in [-0.15, -0.1) is 0 Å². The summed E-state index contributed by atoms with van der Waals surface area (Å²) in [6.07, 6.45) is 4.01. The predicted molar refractivity (Wildman–Crippen MR) is 91.0 cm³/mol. The third-order valence-electron chi connectivity index (χ3n) is 3.80. The standard InChI is InChI=1S/C16H17ClN4O2/c1-21-16(23)15(17)14(8-19-21)20-11(9-22)6-10-7-18-13-5-3-2-4-12(10)13/h2-5,7-8,11,18,20,22H,6,9H2,1H3. The third-order valence-corrected chi connectivity index (χ3v) is 4.16. The van der Waals surface area contributed by atoms with Gasteiger partial charge in [-0.1, -0.05) is 29.8 Å². The third kappa shape index (κ3) is 3.09. The van der Waals surface area contributed by atoms with Gasteiger partial charge in [-0.25, -0.2) is 4.68 Å². The molecule has 120 valence electrons. The summed E-state index contributed by atoms with van der Waals surface area (Å²) >= 11 is 6.05. The fourth-order valence-electron chi connectivity index (χ4n) is 2.56. The van der Waals surface area contributed by atoms with E-state index in [2.05, 4.69) is 15.4 Å². The summed E-state index contributed by atoms with van der Waals surface area (Å²) in [4.78, 5) is 15.0. The SMILES string of the molecule is Cn1ncc(NC(CO)Cc2c[nH]c3ccccc23)c(Cl)c1=O. The first kappa shape index (κ1) is 15.6. The molecule has 0 spiro atoms. The number of rotatable bonds is 5. The van der Waals surface area contributed by atoms with Crippen LogP contribution in [-0.4, -0.2) is 32.5 Å². The minimum atomic E-state index is -0.375. The molecule has 1 atom stereocenters. The van der Waals surface area contributed by atoms with E-state index in [1.165, 1.54) is 17.9 Å². The van der Waals surface area contributed by atoms with E-state index >= 15 is 0 Å². The number of aromatic amines is 1. The van der Waals surface area contributed by atoms with Crippen molar-refractivity contribution in [3.8, 4) is 0 Å². The lowest BCUT2D eigenvalue weighted by molar-refractivity contribution is 0.274. The van der Waals surface area contributed by atoms with Crippen molar-refractivity contribution in [1.29, 1.82) is 0 Å². The Morgan fingerprint density at radius 2 is 2.22 bits per heavy atom. The van der Waals surface area contributed by atoms with E-state index in [0.717, 1.165) is 16.5 Å². The molecule has 0 aliphatic rings. The van der Waals surface area contributed by atoms with Gasteiger partial charge in [0.15, 0.2) is 0 Å². The summed E-state index contributed by atoms with van der Waals surface area (Å²) < 4.78 is 1.17. The fraction of sp³-hybridized carbons (Fsp3) is 0.250. The maximum Gasteiger partial charge on any atom is 0.287 e. The monoisotopic (exact) mass is 332 g/mol. The molecule has 0 fully saturated rings. The van der Waals surface area contributed by atoms with Gasteiger partial charge < -0.3 is 15.4 Å².